The van der Waals surface area contributed by atoms with Gasteiger partial charge in [0, 0.05) is 12.3 Å². The molecule has 1 N–H and O–H groups in total. The number of oxime groups is 1. The number of piperidine rings is 1. The molecule has 0 aromatic heterocycles. The molecule has 5 aliphatic rings. The van der Waals surface area contributed by atoms with Crippen LogP contribution in [-0.2, 0) is 14.4 Å². The predicted molar refractivity (Wildman–Crippen MR) is 132 cm³/mol. The third kappa shape index (κ3) is 4.22. The van der Waals surface area contributed by atoms with Crippen LogP contribution in [0, 0.1) is 40.4 Å². The number of fused-ring (bicyclic) bond motifs is 5. The Bertz CT molecular complexity index is 848. The summed E-state index contributed by atoms with van der Waals surface area (Å²) in [4.78, 5) is 30.0. The minimum Gasteiger partial charge on any atom is -0.318 e. The van der Waals surface area contributed by atoms with E-state index in [2.05, 4.69) is 31.2 Å². The molecule has 0 bridgehead atoms. The fourth-order valence-electron chi connectivity index (χ4n) is 8.56. The van der Waals surface area contributed by atoms with Gasteiger partial charge in [0.05, 0.1) is 11.6 Å². The van der Waals surface area contributed by atoms with E-state index >= 15 is 0 Å². The number of nitrogens with zero attached hydrogens (tertiary/aromatic N) is 1. The van der Waals surface area contributed by atoms with Crippen LogP contribution in [0.1, 0.15) is 85.0 Å². The maximum absolute atomic E-state index is 12.5. The molecule has 5 nitrogen and oxygen atoms in total. The molecule has 4 aliphatic carbocycles. The summed E-state index contributed by atoms with van der Waals surface area (Å²) in [5.41, 5.74) is 2.93. The summed E-state index contributed by atoms with van der Waals surface area (Å²) < 4.78 is 0. The monoisotopic (exact) mass is 476 g/mol. The van der Waals surface area contributed by atoms with Crippen molar-refractivity contribution in [3.63, 3.8) is 0 Å². The largest absolute Gasteiger partial charge is 0.338 e. The lowest BCUT2D eigenvalue weighted by atomic mass is 9.46. The first kappa shape index (κ1) is 24.9. The van der Waals surface area contributed by atoms with Crippen molar-refractivity contribution < 1.29 is 14.4 Å². The Kier molecular flexibility index (Phi) is 7.13. The average Bonchev–Trinajstić information content (AvgIpc) is 3.15. The maximum atomic E-state index is 12.5. The molecule has 4 fully saturated rings. The van der Waals surface area contributed by atoms with Gasteiger partial charge in [-0.3, -0.25) is 4.79 Å². The van der Waals surface area contributed by atoms with Gasteiger partial charge >= 0.3 is 5.97 Å². The van der Waals surface area contributed by atoms with E-state index in [1.54, 1.807) is 0 Å². The maximum Gasteiger partial charge on any atom is 0.338 e. The Morgan fingerprint density at radius 1 is 1.03 bits per heavy atom. The minimum absolute atomic E-state index is 0. The summed E-state index contributed by atoms with van der Waals surface area (Å²) >= 11 is 0. The first-order valence-electron chi connectivity index (χ1n) is 13.0. The van der Waals surface area contributed by atoms with E-state index < -0.39 is 0 Å². The number of halogens is 1. The average molecular weight is 477 g/mol. The van der Waals surface area contributed by atoms with Gasteiger partial charge in [0.1, 0.15) is 0 Å². The molecular weight excluding hydrogens is 436 g/mol. The van der Waals surface area contributed by atoms with Gasteiger partial charge in [0.15, 0.2) is 5.78 Å². The predicted octanol–water partition coefficient (Wildman–Crippen LogP) is 5.48. The van der Waals surface area contributed by atoms with Gasteiger partial charge in [0.25, 0.3) is 0 Å². The molecule has 1 aliphatic heterocycles. The van der Waals surface area contributed by atoms with Crippen molar-refractivity contribution in [2.24, 2.45) is 45.6 Å². The molecule has 5 rings (SSSR count). The van der Waals surface area contributed by atoms with Crippen molar-refractivity contribution in [3.8, 4) is 0 Å². The molecule has 0 radical (unpaired) electrons. The van der Waals surface area contributed by atoms with Crippen LogP contribution in [0.5, 0.6) is 0 Å². The van der Waals surface area contributed by atoms with Gasteiger partial charge in [-0.25, -0.2) is 4.79 Å². The second-order valence-electron chi connectivity index (χ2n) is 11.8. The fraction of sp³-hybridized carbons (Fsp3) is 0.815. The minimum atomic E-state index is -0.152. The molecule has 0 aromatic rings. The highest BCUT2D eigenvalue weighted by Crippen LogP contribution is 2.66. The zero-order chi connectivity index (χ0) is 22.5. The Labute approximate surface area is 204 Å². The standard InChI is InChI=1S/C27H40N2O3.ClH/c1-17(29-32-25(31)18-10-14-28-15-11-18)22-6-7-23-21-5-4-19-16-20(30)8-12-26(19,2)24(21)9-13-27(22,23)3;/h16,18,21-24,28H,4-15H2,1-3H3;1H/b29-17+;/t21-,22+,23-,24-,26-,27+;/m0./s1. The van der Waals surface area contributed by atoms with Crippen molar-refractivity contribution in [1.29, 1.82) is 0 Å². The Balaban J connectivity index is 0.00000259. The number of carbonyl (C=O) groups is 2. The first-order chi connectivity index (χ1) is 15.3. The zero-order valence-corrected chi connectivity index (χ0v) is 21.3. The third-order valence-electron chi connectivity index (χ3n) is 10.4. The second-order valence-corrected chi connectivity index (χ2v) is 11.8. The van der Waals surface area contributed by atoms with Crippen molar-refractivity contribution in [2.75, 3.05) is 13.1 Å². The van der Waals surface area contributed by atoms with Crippen LogP contribution in [0.4, 0.5) is 0 Å². The molecule has 6 atom stereocenters. The van der Waals surface area contributed by atoms with Crippen LogP contribution in [0.15, 0.2) is 16.8 Å². The molecule has 1 saturated heterocycles. The first-order valence-corrected chi connectivity index (χ1v) is 13.0. The summed E-state index contributed by atoms with van der Waals surface area (Å²) in [5.74, 6) is 2.76. The number of nitrogens with one attached hydrogen (secondary N) is 1. The van der Waals surface area contributed by atoms with Crippen molar-refractivity contribution >= 4 is 29.9 Å². The number of hydrogen-bond acceptors (Lipinski definition) is 5. The van der Waals surface area contributed by atoms with Crippen LogP contribution >= 0.6 is 12.4 Å². The number of carbonyl (C=O) groups excluding carboxylic acids is 2. The molecule has 3 saturated carbocycles. The lowest BCUT2D eigenvalue weighted by Crippen LogP contribution is -2.51. The highest BCUT2D eigenvalue weighted by molar-refractivity contribution is 5.91. The van der Waals surface area contributed by atoms with Crippen LogP contribution < -0.4 is 5.32 Å². The molecular formula is C27H41ClN2O3. The molecule has 1 heterocycles. The SMILES string of the molecule is C/C(=N\OC(=O)C1CCNCC1)[C@H]1CC[C@H]2[C@@H]3CCC4=CC(=O)CC[C@]4(C)[C@H]3CC[C@]12C.Cl. The summed E-state index contributed by atoms with van der Waals surface area (Å²) in [5, 5.41) is 7.71. The van der Waals surface area contributed by atoms with Crippen LogP contribution in [-0.4, -0.2) is 30.6 Å². The smallest absolute Gasteiger partial charge is 0.318 e. The van der Waals surface area contributed by atoms with Gasteiger partial charge in [0.2, 0.25) is 0 Å². The normalized spacial score (nSPS) is 41.2. The van der Waals surface area contributed by atoms with Crippen LogP contribution in [0.25, 0.3) is 0 Å². The summed E-state index contributed by atoms with van der Waals surface area (Å²) in [6.45, 7) is 8.78. The van der Waals surface area contributed by atoms with E-state index in [-0.39, 0.29) is 35.1 Å². The molecule has 6 heteroatoms. The third-order valence-corrected chi connectivity index (χ3v) is 10.4. The van der Waals surface area contributed by atoms with E-state index in [4.69, 9.17) is 4.84 Å². The molecule has 0 spiro atoms. The molecule has 184 valence electrons. The molecule has 33 heavy (non-hydrogen) atoms. The molecule has 0 aromatic carbocycles. The van der Waals surface area contributed by atoms with Gasteiger partial charge < -0.3 is 10.2 Å². The topological polar surface area (TPSA) is 67.8 Å². The highest BCUT2D eigenvalue weighted by atomic mass is 35.5. The molecule has 0 amide bonds. The summed E-state index contributed by atoms with van der Waals surface area (Å²) in [6, 6.07) is 0. The summed E-state index contributed by atoms with van der Waals surface area (Å²) in [6.07, 6.45) is 12.7. The van der Waals surface area contributed by atoms with Crippen molar-refractivity contribution in [2.45, 2.75) is 85.0 Å². The molecule has 0 unspecified atom stereocenters. The van der Waals surface area contributed by atoms with Crippen LogP contribution in [0.2, 0.25) is 0 Å². The summed E-state index contributed by atoms with van der Waals surface area (Å²) in [7, 11) is 0. The van der Waals surface area contributed by atoms with E-state index in [1.807, 2.05) is 6.08 Å². The van der Waals surface area contributed by atoms with Gasteiger partial charge in [-0.05, 0) is 112 Å². The highest BCUT2D eigenvalue weighted by Gasteiger charge is 2.59. The Hall–Kier alpha value is -1.20. The number of rotatable bonds is 3. The fourth-order valence-corrected chi connectivity index (χ4v) is 8.56. The lowest BCUT2D eigenvalue weighted by molar-refractivity contribution is -0.149. The van der Waals surface area contributed by atoms with E-state index in [0.717, 1.165) is 63.2 Å². The number of ketones is 1. The second kappa shape index (κ2) is 9.45. The number of allylic oxidation sites excluding steroid dienone is 1. The zero-order valence-electron chi connectivity index (χ0n) is 20.5. The van der Waals surface area contributed by atoms with E-state index in [9.17, 15) is 9.59 Å². The Morgan fingerprint density at radius 2 is 1.79 bits per heavy atom. The quantitative estimate of drug-likeness (QED) is 0.333. The van der Waals surface area contributed by atoms with Gasteiger partial charge in [-0.15, -0.1) is 12.4 Å². The van der Waals surface area contributed by atoms with Gasteiger partial charge in [-0.2, -0.15) is 0 Å². The van der Waals surface area contributed by atoms with Crippen LogP contribution in [0.3, 0.4) is 0 Å². The number of hydrogen-bond donors (Lipinski definition) is 1. The Morgan fingerprint density at radius 3 is 2.55 bits per heavy atom. The lowest BCUT2D eigenvalue weighted by Gasteiger charge is -2.58. The van der Waals surface area contributed by atoms with Crippen molar-refractivity contribution in [3.05, 3.63) is 11.6 Å². The van der Waals surface area contributed by atoms with Gasteiger partial charge in [-0.1, -0.05) is 24.6 Å². The van der Waals surface area contributed by atoms with E-state index in [1.165, 1.54) is 31.3 Å². The van der Waals surface area contributed by atoms with Crippen molar-refractivity contribution in [1.82, 2.24) is 5.32 Å². The van der Waals surface area contributed by atoms with E-state index in [0.29, 0.717) is 23.5 Å².